The summed E-state index contributed by atoms with van der Waals surface area (Å²) in [6.07, 6.45) is 1.18. The zero-order valence-electron chi connectivity index (χ0n) is 15.4. The number of carbonyl (C=O) groups excluding carboxylic acids is 1. The molecule has 1 heterocycles. The number of phenols is 1. The van der Waals surface area contributed by atoms with E-state index >= 15 is 0 Å². The molecule has 0 bridgehead atoms. The number of aryl methyl sites for hydroxylation is 1. The number of carbonyl (C=O) groups is 1. The molecule has 0 fully saturated rings. The Morgan fingerprint density at radius 3 is 2.43 bits per heavy atom. The summed E-state index contributed by atoms with van der Waals surface area (Å²) in [5, 5.41) is 35.2. The highest BCUT2D eigenvalue weighted by molar-refractivity contribution is 5.97. The number of non-ortho nitro benzene ring substituents is 2. The van der Waals surface area contributed by atoms with Gasteiger partial charge in [-0.1, -0.05) is 6.07 Å². The summed E-state index contributed by atoms with van der Waals surface area (Å²) >= 11 is 0. The molecule has 11 nitrogen and oxygen atoms in total. The summed E-state index contributed by atoms with van der Waals surface area (Å²) in [5.41, 5.74) is 2.70. The summed E-state index contributed by atoms with van der Waals surface area (Å²) in [4.78, 5) is 32.7. The second kappa shape index (κ2) is 8.22. The van der Waals surface area contributed by atoms with E-state index < -0.39 is 21.5 Å². The zero-order valence-corrected chi connectivity index (χ0v) is 15.4. The van der Waals surface area contributed by atoms with E-state index in [4.69, 9.17) is 4.42 Å². The van der Waals surface area contributed by atoms with Crippen molar-refractivity contribution in [1.29, 1.82) is 0 Å². The second-order valence-electron chi connectivity index (χ2n) is 6.12. The molecule has 0 spiro atoms. The number of hydrogen-bond acceptors (Lipinski definition) is 8. The number of hydrogen-bond donors (Lipinski definition) is 2. The van der Waals surface area contributed by atoms with Gasteiger partial charge in [-0.15, -0.1) is 0 Å². The van der Waals surface area contributed by atoms with Gasteiger partial charge >= 0.3 is 0 Å². The quantitative estimate of drug-likeness (QED) is 0.357. The molecule has 3 aromatic rings. The minimum Gasteiger partial charge on any atom is -0.507 e. The Morgan fingerprint density at radius 2 is 1.73 bits per heavy atom. The van der Waals surface area contributed by atoms with E-state index in [1.165, 1.54) is 18.3 Å². The van der Waals surface area contributed by atoms with Crippen molar-refractivity contribution in [2.45, 2.75) is 6.92 Å². The van der Waals surface area contributed by atoms with Gasteiger partial charge < -0.3 is 9.52 Å². The molecule has 0 radical (unpaired) electrons. The van der Waals surface area contributed by atoms with Gasteiger partial charge in [-0.25, -0.2) is 5.43 Å². The van der Waals surface area contributed by atoms with Crippen molar-refractivity contribution in [2.75, 3.05) is 0 Å². The lowest BCUT2D eigenvalue weighted by Gasteiger charge is -2.03. The van der Waals surface area contributed by atoms with Crippen LogP contribution in [0, 0.1) is 27.2 Å². The maximum atomic E-state index is 12.1. The number of phenolic OH excluding ortho intramolecular Hbond substituents is 1. The Balaban J connectivity index is 1.75. The largest absolute Gasteiger partial charge is 0.507 e. The molecule has 30 heavy (non-hydrogen) atoms. The van der Waals surface area contributed by atoms with Crippen LogP contribution in [0.15, 0.2) is 58.0 Å². The summed E-state index contributed by atoms with van der Waals surface area (Å²) in [7, 11) is 0. The second-order valence-corrected chi connectivity index (χ2v) is 6.12. The molecule has 1 amide bonds. The Bertz CT molecular complexity index is 1180. The van der Waals surface area contributed by atoms with Crippen LogP contribution in [0.5, 0.6) is 5.75 Å². The highest BCUT2D eigenvalue weighted by Crippen LogP contribution is 2.29. The third kappa shape index (κ3) is 4.30. The first-order valence-electron chi connectivity index (χ1n) is 8.42. The first-order valence-corrected chi connectivity index (χ1v) is 8.42. The third-order valence-electron chi connectivity index (χ3n) is 4.12. The van der Waals surface area contributed by atoms with Gasteiger partial charge in [0, 0.05) is 29.8 Å². The van der Waals surface area contributed by atoms with Crippen LogP contribution in [0.25, 0.3) is 11.3 Å². The number of furan rings is 1. The highest BCUT2D eigenvalue weighted by atomic mass is 16.6. The number of nitro benzene ring substituents is 2. The average molecular weight is 410 g/mol. The van der Waals surface area contributed by atoms with Crippen molar-refractivity contribution in [3.8, 4) is 17.1 Å². The molecule has 1 aromatic heterocycles. The summed E-state index contributed by atoms with van der Waals surface area (Å²) in [6, 6.07) is 10.6. The van der Waals surface area contributed by atoms with E-state index in [0.717, 1.165) is 23.8 Å². The number of nitrogens with zero attached hydrogens (tertiary/aromatic N) is 3. The first-order chi connectivity index (χ1) is 14.3. The number of benzene rings is 2. The molecule has 2 N–H and O–H groups in total. The predicted molar refractivity (Wildman–Crippen MR) is 105 cm³/mol. The van der Waals surface area contributed by atoms with Crippen LogP contribution in [0.2, 0.25) is 0 Å². The number of hydrazone groups is 1. The molecule has 0 unspecified atom stereocenters. The van der Waals surface area contributed by atoms with Gasteiger partial charge in [0.05, 0.1) is 21.6 Å². The smallest absolute Gasteiger partial charge is 0.275 e. The van der Waals surface area contributed by atoms with E-state index in [2.05, 4.69) is 10.5 Å². The van der Waals surface area contributed by atoms with Crippen molar-refractivity contribution in [3.05, 3.63) is 85.6 Å². The Kier molecular flexibility index (Phi) is 5.54. The number of rotatable bonds is 6. The minimum atomic E-state index is -0.853. The normalized spacial score (nSPS) is 10.8. The minimum absolute atomic E-state index is 0.0776. The fraction of sp³-hybridized carbons (Fsp3) is 0.0526. The zero-order chi connectivity index (χ0) is 21.8. The van der Waals surface area contributed by atoms with Crippen molar-refractivity contribution >= 4 is 23.5 Å². The topological polar surface area (TPSA) is 161 Å². The van der Waals surface area contributed by atoms with Gasteiger partial charge in [-0.2, -0.15) is 5.10 Å². The van der Waals surface area contributed by atoms with Crippen LogP contribution >= 0.6 is 0 Å². The molecule has 3 rings (SSSR count). The fourth-order valence-corrected chi connectivity index (χ4v) is 2.59. The van der Waals surface area contributed by atoms with Crippen molar-refractivity contribution in [2.24, 2.45) is 5.10 Å². The monoisotopic (exact) mass is 410 g/mol. The molecule has 11 heteroatoms. The number of nitro groups is 2. The number of amides is 1. The lowest BCUT2D eigenvalue weighted by atomic mass is 10.1. The van der Waals surface area contributed by atoms with Crippen molar-refractivity contribution in [3.63, 3.8) is 0 Å². The average Bonchev–Trinajstić information content (AvgIpc) is 3.16. The van der Waals surface area contributed by atoms with E-state index in [-0.39, 0.29) is 22.7 Å². The summed E-state index contributed by atoms with van der Waals surface area (Å²) < 4.78 is 5.59. The van der Waals surface area contributed by atoms with E-state index in [9.17, 15) is 30.1 Å². The summed E-state index contributed by atoms with van der Waals surface area (Å²) in [5.74, 6) is -0.664. The fourth-order valence-electron chi connectivity index (χ4n) is 2.59. The Morgan fingerprint density at radius 1 is 1.07 bits per heavy atom. The van der Waals surface area contributed by atoms with Crippen LogP contribution in [0.1, 0.15) is 21.7 Å². The molecule has 152 valence electrons. The number of aromatic hydroxyl groups is 1. The maximum absolute atomic E-state index is 12.1. The van der Waals surface area contributed by atoms with Crippen LogP contribution in [-0.4, -0.2) is 27.1 Å². The van der Waals surface area contributed by atoms with E-state index in [1.807, 2.05) is 0 Å². The molecule has 0 aliphatic rings. The molecule has 0 saturated carbocycles. The van der Waals surface area contributed by atoms with Gasteiger partial charge in [0.2, 0.25) is 0 Å². The van der Waals surface area contributed by atoms with Gasteiger partial charge in [0.25, 0.3) is 17.3 Å². The lowest BCUT2D eigenvalue weighted by molar-refractivity contribution is -0.385. The highest BCUT2D eigenvalue weighted by Gasteiger charge is 2.16. The van der Waals surface area contributed by atoms with Gasteiger partial charge in [0.1, 0.15) is 17.3 Å². The van der Waals surface area contributed by atoms with E-state index in [0.29, 0.717) is 11.3 Å². The molecule has 0 atom stereocenters. The summed E-state index contributed by atoms with van der Waals surface area (Å²) in [6.45, 7) is 1.78. The molecular formula is C19H14N4O7. The molecule has 0 aliphatic carbocycles. The van der Waals surface area contributed by atoms with Gasteiger partial charge in [-0.05, 0) is 30.7 Å². The van der Waals surface area contributed by atoms with Crippen LogP contribution in [-0.2, 0) is 0 Å². The maximum Gasteiger partial charge on any atom is 0.275 e. The van der Waals surface area contributed by atoms with Crippen molar-refractivity contribution < 1.29 is 24.2 Å². The Hall–Kier alpha value is -4.54. The standard InChI is InChI=1S/C19H14N4O7/c1-11-2-3-12(22(26)27)8-15(11)18-7-5-14(30-18)10-20-21-19(25)16-9-13(23(28)29)4-6-17(16)24/h2-10,24H,1H3,(H,21,25)/b20-10+. The number of nitrogens with one attached hydrogen (secondary N) is 1. The molecule has 0 aliphatic heterocycles. The lowest BCUT2D eigenvalue weighted by Crippen LogP contribution is -2.17. The molecular weight excluding hydrogens is 396 g/mol. The SMILES string of the molecule is Cc1ccc([N+](=O)[O-])cc1-c1ccc(/C=N/NC(=O)c2cc([N+](=O)[O-])ccc2O)o1. The van der Waals surface area contributed by atoms with E-state index in [1.54, 1.807) is 25.1 Å². The molecule has 2 aromatic carbocycles. The predicted octanol–water partition coefficient (Wildman–Crippen LogP) is 3.54. The molecule has 0 saturated heterocycles. The van der Waals surface area contributed by atoms with Crippen LogP contribution in [0.3, 0.4) is 0 Å². The van der Waals surface area contributed by atoms with Crippen LogP contribution in [0.4, 0.5) is 11.4 Å². The third-order valence-corrected chi connectivity index (χ3v) is 4.12. The Labute approximate surface area is 168 Å². The van der Waals surface area contributed by atoms with Gasteiger partial charge in [-0.3, -0.25) is 25.0 Å². The first kappa shape index (κ1) is 20.2. The van der Waals surface area contributed by atoms with Crippen LogP contribution < -0.4 is 5.43 Å². The van der Waals surface area contributed by atoms with Crippen molar-refractivity contribution in [1.82, 2.24) is 5.43 Å². The van der Waals surface area contributed by atoms with Gasteiger partial charge in [0.15, 0.2) is 0 Å².